The van der Waals surface area contributed by atoms with E-state index < -0.39 is 0 Å². The molecule has 0 radical (unpaired) electrons. The van der Waals surface area contributed by atoms with E-state index in [1.807, 2.05) is 53.4 Å². The number of rotatable bonds is 12. The number of halogens is 1. The van der Waals surface area contributed by atoms with Crippen LogP contribution in [0.4, 0.5) is 0 Å². The minimum absolute atomic E-state index is 0.0141. The maximum Gasteiger partial charge on any atom is 0.254 e. The number of benzene rings is 2. The summed E-state index contributed by atoms with van der Waals surface area (Å²) in [4.78, 5) is 30.3. The molecule has 35 heavy (non-hydrogen) atoms. The lowest BCUT2D eigenvalue weighted by Gasteiger charge is -2.29. The summed E-state index contributed by atoms with van der Waals surface area (Å²) >= 11 is 3.49. The summed E-state index contributed by atoms with van der Waals surface area (Å²) < 4.78 is 3.25. The van der Waals surface area contributed by atoms with Crippen LogP contribution in [-0.2, 0) is 17.9 Å². The van der Waals surface area contributed by atoms with E-state index in [1.54, 1.807) is 4.90 Å². The van der Waals surface area contributed by atoms with Gasteiger partial charge in [0, 0.05) is 41.6 Å². The standard InChI is InChI=1S/C29H36BrN3O2/c1-4-5-17-32(21-27-12-9-18-31(27)20-24-13-15-26(30)16-14-24)28(34)22-33(19-23(2)3)29(35)25-10-7-6-8-11-25/h6-16,18,23H,4-5,17,19-22H2,1-3H3. The molecule has 0 bridgehead atoms. The van der Waals surface area contributed by atoms with Gasteiger partial charge in [-0.05, 0) is 54.3 Å². The van der Waals surface area contributed by atoms with Gasteiger partial charge in [-0.25, -0.2) is 0 Å². The van der Waals surface area contributed by atoms with Crippen LogP contribution >= 0.6 is 15.9 Å². The third kappa shape index (κ3) is 8.10. The predicted octanol–water partition coefficient (Wildman–Crippen LogP) is 6.23. The van der Waals surface area contributed by atoms with Crippen LogP contribution < -0.4 is 0 Å². The summed E-state index contributed by atoms with van der Waals surface area (Å²) in [6, 6.07) is 21.6. The largest absolute Gasteiger partial charge is 0.345 e. The molecular formula is C29H36BrN3O2. The number of carbonyl (C=O) groups is 2. The number of carbonyl (C=O) groups excluding carboxylic acids is 2. The summed E-state index contributed by atoms with van der Waals surface area (Å²) in [6.45, 7) is 8.84. The van der Waals surface area contributed by atoms with E-state index in [0.717, 1.165) is 29.6 Å². The molecule has 0 aliphatic carbocycles. The van der Waals surface area contributed by atoms with Gasteiger partial charge in [-0.1, -0.05) is 73.5 Å². The fraction of sp³-hybridized carbons (Fsp3) is 0.379. The SMILES string of the molecule is CCCCN(Cc1cccn1Cc1ccc(Br)cc1)C(=O)CN(CC(C)C)C(=O)c1ccccc1. The molecule has 0 fully saturated rings. The molecule has 0 atom stereocenters. The first-order valence-corrected chi connectivity index (χ1v) is 13.2. The molecule has 0 saturated heterocycles. The van der Waals surface area contributed by atoms with E-state index in [1.165, 1.54) is 5.56 Å². The lowest BCUT2D eigenvalue weighted by atomic mass is 10.1. The Morgan fingerprint density at radius 2 is 1.66 bits per heavy atom. The van der Waals surface area contributed by atoms with Gasteiger partial charge >= 0.3 is 0 Å². The zero-order valence-electron chi connectivity index (χ0n) is 21.0. The van der Waals surface area contributed by atoms with Gasteiger partial charge in [-0.2, -0.15) is 0 Å². The zero-order valence-corrected chi connectivity index (χ0v) is 22.6. The van der Waals surface area contributed by atoms with Crippen molar-refractivity contribution < 1.29 is 9.59 Å². The van der Waals surface area contributed by atoms with Crippen LogP contribution in [0.5, 0.6) is 0 Å². The van der Waals surface area contributed by atoms with Crippen molar-refractivity contribution >= 4 is 27.7 Å². The number of hydrogen-bond acceptors (Lipinski definition) is 2. The van der Waals surface area contributed by atoms with Gasteiger partial charge in [-0.15, -0.1) is 0 Å². The molecule has 0 saturated carbocycles. The van der Waals surface area contributed by atoms with Crippen molar-refractivity contribution in [1.82, 2.24) is 14.4 Å². The number of amides is 2. The first-order valence-electron chi connectivity index (χ1n) is 12.4. The van der Waals surface area contributed by atoms with Crippen molar-refractivity contribution in [1.29, 1.82) is 0 Å². The van der Waals surface area contributed by atoms with Crippen molar-refractivity contribution in [2.75, 3.05) is 19.6 Å². The van der Waals surface area contributed by atoms with Crippen molar-refractivity contribution in [3.05, 3.63) is 94.2 Å². The van der Waals surface area contributed by atoms with Gasteiger partial charge in [-0.3, -0.25) is 9.59 Å². The number of aromatic nitrogens is 1. The Kier molecular flexibility index (Phi) is 10.2. The summed E-state index contributed by atoms with van der Waals surface area (Å²) in [5.41, 5.74) is 2.90. The zero-order chi connectivity index (χ0) is 25.2. The van der Waals surface area contributed by atoms with E-state index >= 15 is 0 Å². The highest BCUT2D eigenvalue weighted by Crippen LogP contribution is 2.16. The van der Waals surface area contributed by atoms with Crippen LogP contribution in [0.1, 0.15) is 55.2 Å². The van der Waals surface area contributed by atoms with Gasteiger partial charge in [0.05, 0.1) is 6.54 Å². The lowest BCUT2D eigenvalue weighted by Crippen LogP contribution is -2.44. The summed E-state index contributed by atoms with van der Waals surface area (Å²) in [5.74, 6) is 0.157. The number of unbranched alkanes of at least 4 members (excludes halogenated alkanes) is 1. The number of nitrogens with zero attached hydrogens (tertiary/aromatic N) is 3. The molecule has 1 aromatic heterocycles. The monoisotopic (exact) mass is 537 g/mol. The molecule has 0 spiro atoms. The summed E-state index contributed by atoms with van der Waals surface area (Å²) in [5, 5.41) is 0. The minimum Gasteiger partial charge on any atom is -0.345 e. The van der Waals surface area contributed by atoms with Crippen molar-refractivity contribution in [2.45, 2.75) is 46.7 Å². The fourth-order valence-electron chi connectivity index (χ4n) is 4.06. The molecular weight excluding hydrogens is 502 g/mol. The molecule has 6 heteroatoms. The highest BCUT2D eigenvalue weighted by Gasteiger charge is 2.23. The quantitative estimate of drug-likeness (QED) is 0.275. The Hall–Kier alpha value is -2.86. The fourth-order valence-corrected chi connectivity index (χ4v) is 4.32. The number of hydrogen-bond donors (Lipinski definition) is 0. The van der Waals surface area contributed by atoms with Gasteiger partial charge in [0.15, 0.2) is 0 Å². The van der Waals surface area contributed by atoms with E-state index in [9.17, 15) is 9.59 Å². The molecule has 186 valence electrons. The highest BCUT2D eigenvalue weighted by molar-refractivity contribution is 9.10. The normalized spacial score (nSPS) is 11.0. The Bertz CT molecular complexity index is 1080. The Balaban J connectivity index is 1.75. The summed E-state index contributed by atoms with van der Waals surface area (Å²) in [6.07, 6.45) is 3.99. The molecule has 0 unspecified atom stereocenters. The average Bonchev–Trinajstić information content (AvgIpc) is 3.28. The smallest absolute Gasteiger partial charge is 0.254 e. The second kappa shape index (κ2) is 13.3. The first kappa shape index (κ1) is 26.7. The molecule has 0 N–H and O–H groups in total. The third-order valence-electron chi connectivity index (χ3n) is 5.90. The van der Waals surface area contributed by atoms with Crippen molar-refractivity contribution in [3.8, 4) is 0 Å². The predicted molar refractivity (Wildman–Crippen MR) is 145 cm³/mol. The Morgan fingerprint density at radius 3 is 2.31 bits per heavy atom. The van der Waals surface area contributed by atoms with E-state index in [2.05, 4.69) is 65.7 Å². The van der Waals surface area contributed by atoms with Crippen LogP contribution in [0, 0.1) is 5.92 Å². The molecule has 2 amide bonds. The molecule has 0 aliphatic heterocycles. The molecule has 2 aromatic carbocycles. The van der Waals surface area contributed by atoms with E-state index in [4.69, 9.17) is 0 Å². The maximum atomic E-state index is 13.5. The Labute approximate surface area is 217 Å². The van der Waals surface area contributed by atoms with Crippen LogP contribution in [0.25, 0.3) is 0 Å². The van der Waals surface area contributed by atoms with Crippen molar-refractivity contribution in [3.63, 3.8) is 0 Å². The van der Waals surface area contributed by atoms with Gasteiger partial charge in [0.25, 0.3) is 5.91 Å². The van der Waals surface area contributed by atoms with Crippen LogP contribution in [0.3, 0.4) is 0 Å². The van der Waals surface area contributed by atoms with Gasteiger partial charge in [0.1, 0.15) is 6.54 Å². The second-order valence-corrected chi connectivity index (χ2v) is 10.3. The minimum atomic E-state index is -0.0956. The van der Waals surface area contributed by atoms with Crippen LogP contribution in [0.2, 0.25) is 0 Å². The Morgan fingerprint density at radius 1 is 0.943 bits per heavy atom. The molecule has 1 heterocycles. The first-order chi connectivity index (χ1) is 16.9. The van der Waals surface area contributed by atoms with Gasteiger partial charge < -0.3 is 14.4 Å². The van der Waals surface area contributed by atoms with E-state index in [-0.39, 0.29) is 24.3 Å². The molecule has 0 aliphatic rings. The summed E-state index contributed by atoms with van der Waals surface area (Å²) in [7, 11) is 0. The average molecular weight is 539 g/mol. The second-order valence-electron chi connectivity index (χ2n) is 9.37. The highest BCUT2D eigenvalue weighted by atomic mass is 79.9. The molecule has 3 rings (SSSR count). The van der Waals surface area contributed by atoms with E-state index in [0.29, 0.717) is 25.2 Å². The van der Waals surface area contributed by atoms with Crippen molar-refractivity contribution in [2.24, 2.45) is 5.92 Å². The van der Waals surface area contributed by atoms with Crippen LogP contribution in [0.15, 0.2) is 77.4 Å². The van der Waals surface area contributed by atoms with Gasteiger partial charge in [0.2, 0.25) is 5.91 Å². The third-order valence-corrected chi connectivity index (χ3v) is 6.43. The maximum absolute atomic E-state index is 13.5. The topological polar surface area (TPSA) is 45.6 Å². The van der Waals surface area contributed by atoms with Crippen LogP contribution in [-0.4, -0.2) is 45.8 Å². The molecule has 5 nitrogen and oxygen atoms in total. The lowest BCUT2D eigenvalue weighted by molar-refractivity contribution is -0.132. The molecule has 3 aromatic rings.